The van der Waals surface area contributed by atoms with Crippen LogP contribution in [0, 0.1) is 17.8 Å². The second-order valence-electron chi connectivity index (χ2n) is 10.7. The second-order valence-corrected chi connectivity index (χ2v) is 10.7. The lowest BCUT2D eigenvalue weighted by atomic mass is 9.80. The number of likely N-dealkylation sites (N-methyl/N-ethyl adjacent to an activating group) is 1. The van der Waals surface area contributed by atoms with Crippen LogP contribution >= 0.6 is 0 Å². The Morgan fingerprint density at radius 2 is 1.64 bits per heavy atom. The third kappa shape index (κ3) is 8.25. The number of hydrogen-bond acceptors (Lipinski definition) is 3. The molecule has 3 atom stereocenters. The summed E-state index contributed by atoms with van der Waals surface area (Å²) in [7, 11) is 1.55. The van der Waals surface area contributed by atoms with E-state index in [1.165, 1.54) is 4.90 Å². The highest BCUT2D eigenvalue weighted by atomic mass is 19.4. The summed E-state index contributed by atoms with van der Waals surface area (Å²) < 4.78 is 66.5. The molecule has 3 amide bonds. The van der Waals surface area contributed by atoms with Crippen LogP contribution in [0.3, 0.4) is 0 Å². The van der Waals surface area contributed by atoms with Crippen molar-refractivity contribution in [1.82, 2.24) is 5.32 Å². The number of primary amides is 1. The summed E-state index contributed by atoms with van der Waals surface area (Å²) in [6, 6.07) is 6.09. The van der Waals surface area contributed by atoms with E-state index in [0.29, 0.717) is 12.6 Å². The van der Waals surface area contributed by atoms with E-state index in [0.717, 1.165) is 43.2 Å². The van der Waals surface area contributed by atoms with Crippen LogP contribution in [0.4, 0.5) is 27.6 Å². The van der Waals surface area contributed by atoms with Crippen molar-refractivity contribution in [2.24, 2.45) is 23.5 Å². The SMILES string of the molecule is CN1C(=O)[C@@H](NC(=O)[C@H](CCC(F)(F)F)[C@H](CCC(C)(F)F)C(N)=O)C=C(C2CCCCC2)c2ccccc21. The first kappa shape index (κ1) is 30.6. The van der Waals surface area contributed by atoms with Gasteiger partial charge in [0.15, 0.2) is 0 Å². The first-order chi connectivity index (χ1) is 18.2. The number of benzene rings is 1. The molecule has 39 heavy (non-hydrogen) atoms. The Bertz CT molecular complexity index is 1080. The first-order valence-corrected chi connectivity index (χ1v) is 13.3. The van der Waals surface area contributed by atoms with Crippen LogP contribution in [-0.2, 0) is 14.4 Å². The molecule has 0 radical (unpaired) electrons. The predicted octanol–water partition coefficient (Wildman–Crippen LogP) is 5.61. The first-order valence-electron chi connectivity index (χ1n) is 13.3. The fourth-order valence-corrected chi connectivity index (χ4v) is 5.60. The largest absolute Gasteiger partial charge is 0.389 e. The Hall–Kier alpha value is -2.98. The molecule has 11 heteroatoms. The van der Waals surface area contributed by atoms with Gasteiger partial charge < -0.3 is 16.0 Å². The number of anilines is 1. The van der Waals surface area contributed by atoms with Crippen molar-refractivity contribution < 1.29 is 36.3 Å². The van der Waals surface area contributed by atoms with Crippen LogP contribution in [0.5, 0.6) is 0 Å². The number of carbonyl (C=O) groups excluding carboxylic acids is 3. The second kappa shape index (κ2) is 12.5. The van der Waals surface area contributed by atoms with E-state index >= 15 is 0 Å². The molecule has 0 unspecified atom stereocenters. The Labute approximate surface area is 225 Å². The molecule has 1 heterocycles. The van der Waals surface area contributed by atoms with Crippen LogP contribution < -0.4 is 16.0 Å². The Morgan fingerprint density at radius 1 is 1.03 bits per heavy atom. The van der Waals surface area contributed by atoms with E-state index in [9.17, 15) is 36.3 Å². The molecule has 6 nitrogen and oxygen atoms in total. The summed E-state index contributed by atoms with van der Waals surface area (Å²) in [5, 5.41) is 2.54. The van der Waals surface area contributed by atoms with Crippen LogP contribution in [-0.4, -0.2) is 42.9 Å². The number of nitrogens with two attached hydrogens (primary N) is 1. The van der Waals surface area contributed by atoms with Gasteiger partial charge in [-0.15, -0.1) is 0 Å². The van der Waals surface area contributed by atoms with Gasteiger partial charge in [-0.05, 0) is 56.2 Å². The molecule has 0 spiro atoms. The smallest absolute Gasteiger partial charge is 0.369 e. The predicted molar refractivity (Wildman–Crippen MR) is 138 cm³/mol. The zero-order valence-corrected chi connectivity index (χ0v) is 22.2. The molecule has 3 N–H and O–H groups in total. The van der Waals surface area contributed by atoms with Crippen LogP contribution in [0.2, 0.25) is 0 Å². The molecule has 3 rings (SSSR count). The van der Waals surface area contributed by atoms with E-state index in [4.69, 9.17) is 5.73 Å². The van der Waals surface area contributed by atoms with Gasteiger partial charge >= 0.3 is 6.18 Å². The molecular formula is C28H36F5N3O3. The number of rotatable bonds is 10. The third-order valence-electron chi connectivity index (χ3n) is 7.68. The molecule has 0 saturated heterocycles. The van der Waals surface area contributed by atoms with Crippen molar-refractivity contribution in [3.05, 3.63) is 35.9 Å². The number of para-hydroxylation sites is 1. The van der Waals surface area contributed by atoms with Gasteiger partial charge in [0.05, 0.1) is 5.69 Å². The summed E-state index contributed by atoms with van der Waals surface area (Å²) in [6.07, 6.45) is -1.74. The summed E-state index contributed by atoms with van der Waals surface area (Å²) in [5.74, 6) is -8.92. The quantitative estimate of drug-likeness (QED) is 0.367. The van der Waals surface area contributed by atoms with E-state index in [1.807, 2.05) is 12.1 Å². The van der Waals surface area contributed by atoms with Gasteiger partial charge in [0.1, 0.15) is 6.04 Å². The number of alkyl halides is 5. The number of fused-ring (bicyclic) bond motifs is 1. The van der Waals surface area contributed by atoms with Crippen molar-refractivity contribution >= 4 is 29.0 Å². The molecule has 1 aromatic carbocycles. The molecule has 0 aromatic heterocycles. The number of allylic oxidation sites excluding steroid dienone is 1. The van der Waals surface area contributed by atoms with Gasteiger partial charge in [0, 0.05) is 37.3 Å². The van der Waals surface area contributed by atoms with E-state index in [1.54, 1.807) is 25.3 Å². The number of nitrogens with zero attached hydrogens (tertiary/aromatic N) is 1. The monoisotopic (exact) mass is 557 g/mol. The van der Waals surface area contributed by atoms with Crippen molar-refractivity contribution in [3.63, 3.8) is 0 Å². The molecule has 1 aromatic rings. The van der Waals surface area contributed by atoms with E-state index < -0.39 is 73.4 Å². The maximum absolute atomic E-state index is 13.6. The number of hydrogen-bond donors (Lipinski definition) is 2. The Kier molecular flexibility index (Phi) is 9.77. The summed E-state index contributed by atoms with van der Waals surface area (Å²) in [6.45, 7) is 0.616. The zero-order valence-electron chi connectivity index (χ0n) is 22.2. The van der Waals surface area contributed by atoms with Gasteiger partial charge in [-0.1, -0.05) is 37.5 Å². The van der Waals surface area contributed by atoms with Crippen LogP contribution in [0.15, 0.2) is 30.3 Å². The van der Waals surface area contributed by atoms with Gasteiger partial charge in [-0.2, -0.15) is 13.2 Å². The van der Waals surface area contributed by atoms with Gasteiger partial charge in [0.25, 0.3) is 5.91 Å². The van der Waals surface area contributed by atoms with Gasteiger partial charge in [-0.3, -0.25) is 14.4 Å². The van der Waals surface area contributed by atoms with E-state index in [-0.39, 0.29) is 5.92 Å². The van der Waals surface area contributed by atoms with Crippen LogP contribution in [0.25, 0.3) is 5.57 Å². The third-order valence-corrected chi connectivity index (χ3v) is 7.68. The van der Waals surface area contributed by atoms with Crippen molar-refractivity contribution in [2.75, 3.05) is 11.9 Å². The Morgan fingerprint density at radius 3 is 2.23 bits per heavy atom. The summed E-state index contributed by atoms with van der Waals surface area (Å²) >= 11 is 0. The maximum atomic E-state index is 13.6. The molecule has 1 aliphatic heterocycles. The summed E-state index contributed by atoms with van der Waals surface area (Å²) in [4.78, 5) is 40.5. The topological polar surface area (TPSA) is 92.5 Å². The minimum absolute atomic E-state index is 0.129. The lowest BCUT2D eigenvalue weighted by Gasteiger charge is -2.28. The van der Waals surface area contributed by atoms with Crippen molar-refractivity contribution in [3.8, 4) is 0 Å². The standard InChI is InChI=1S/C28H36F5N3O3/c1-27(29,30)14-12-19(24(34)37)20(13-15-28(31,32)33)25(38)35-22-16-21(17-8-4-3-5-9-17)18-10-6-7-11-23(18)36(2)26(22)39/h6-7,10-11,16-17,19-20,22H,3-5,8-9,12-15H2,1-2H3,(H2,34,37)(H,35,38)/t19-,20+,22-/m0/s1. The highest BCUT2D eigenvalue weighted by molar-refractivity contribution is 6.05. The minimum atomic E-state index is -4.65. The number of nitrogens with one attached hydrogen (secondary N) is 1. The van der Waals surface area contributed by atoms with Crippen LogP contribution in [0.1, 0.15) is 70.3 Å². The average molecular weight is 558 g/mol. The molecular weight excluding hydrogens is 521 g/mol. The molecule has 2 aliphatic rings. The van der Waals surface area contributed by atoms with Crippen molar-refractivity contribution in [1.29, 1.82) is 0 Å². The fraction of sp³-hybridized carbons (Fsp3) is 0.607. The number of carbonyl (C=O) groups is 3. The molecule has 1 fully saturated rings. The molecule has 1 aliphatic carbocycles. The highest BCUT2D eigenvalue weighted by Gasteiger charge is 2.40. The van der Waals surface area contributed by atoms with Gasteiger partial charge in [-0.25, -0.2) is 8.78 Å². The zero-order chi connectivity index (χ0) is 29.0. The normalized spacial score (nSPS) is 20.5. The lowest BCUT2D eigenvalue weighted by Crippen LogP contribution is -2.50. The highest BCUT2D eigenvalue weighted by Crippen LogP contribution is 2.41. The Balaban J connectivity index is 1.96. The van der Waals surface area contributed by atoms with Crippen molar-refractivity contribution in [2.45, 2.75) is 82.9 Å². The maximum Gasteiger partial charge on any atom is 0.389 e. The fourth-order valence-electron chi connectivity index (χ4n) is 5.60. The summed E-state index contributed by atoms with van der Waals surface area (Å²) in [5.41, 5.74) is 7.75. The minimum Gasteiger partial charge on any atom is -0.369 e. The lowest BCUT2D eigenvalue weighted by molar-refractivity contribution is -0.147. The van der Waals surface area contributed by atoms with E-state index in [2.05, 4.69) is 5.32 Å². The average Bonchev–Trinajstić information content (AvgIpc) is 2.95. The number of halogens is 5. The van der Waals surface area contributed by atoms with Gasteiger partial charge in [0.2, 0.25) is 17.7 Å². The molecule has 1 saturated carbocycles. The number of amides is 3. The molecule has 216 valence electrons. The molecule has 0 bridgehead atoms.